The normalized spacial score (nSPS) is 23.9. The van der Waals surface area contributed by atoms with E-state index in [0.29, 0.717) is 12.6 Å². The van der Waals surface area contributed by atoms with Gasteiger partial charge in [0.2, 0.25) is 0 Å². The van der Waals surface area contributed by atoms with E-state index >= 15 is 0 Å². The summed E-state index contributed by atoms with van der Waals surface area (Å²) in [5, 5.41) is 3.70. The zero-order valence-electron chi connectivity index (χ0n) is 12.7. The molecule has 1 fully saturated rings. The van der Waals surface area contributed by atoms with E-state index in [1.807, 2.05) is 0 Å². The fourth-order valence-electron chi connectivity index (χ4n) is 2.75. The Bertz CT molecular complexity index is 374. The van der Waals surface area contributed by atoms with Crippen LogP contribution < -0.4 is 5.32 Å². The highest BCUT2D eigenvalue weighted by molar-refractivity contribution is 5.19. The Hall–Kier alpha value is -0.900. The van der Waals surface area contributed by atoms with E-state index in [9.17, 15) is 0 Å². The van der Waals surface area contributed by atoms with Gasteiger partial charge in [-0.1, -0.05) is 50.1 Å². The standard InChI is InChI=1S/C17H27NO2/c1-3-4-10-16(15-8-6-5-7-9-15)18-13-17(19-2)11-12-20-14-17/h5-9,16,18H,3-4,10-14H2,1-2H3. The summed E-state index contributed by atoms with van der Waals surface area (Å²) < 4.78 is 11.2. The third kappa shape index (κ3) is 4.05. The Morgan fingerprint density at radius 2 is 2.15 bits per heavy atom. The first-order valence-electron chi connectivity index (χ1n) is 7.71. The molecule has 112 valence electrons. The Morgan fingerprint density at radius 1 is 1.35 bits per heavy atom. The van der Waals surface area contributed by atoms with Crippen LogP contribution >= 0.6 is 0 Å². The van der Waals surface area contributed by atoms with Crippen molar-refractivity contribution in [2.45, 2.75) is 44.2 Å². The summed E-state index contributed by atoms with van der Waals surface area (Å²) in [5.74, 6) is 0. The summed E-state index contributed by atoms with van der Waals surface area (Å²) in [7, 11) is 1.79. The van der Waals surface area contributed by atoms with Crippen LogP contribution in [0.25, 0.3) is 0 Å². The van der Waals surface area contributed by atoms with E-state index in [1.165, 1.54) is 24.8 Å². The first-order chi connectivity index (χ1) is 9.79. The number of hydrogen-bond acceptors (Lipinski definition) is 3. The van der Waals surface area contributed by atoms with Gasteiger partial charge in [-0.15, -0.1) is 0 Å². The van der Waals surface area contributed by atoms with Crippen molar-refractivity contribution in [1.29, 1.82) is 0 Å². The number of ether oxygens (including phenoxy) is 2. The van der Waals surface area contributed by atoms with Gasteiger partial charge in [-0.25, -0.2) is 0 Å². The molecule has 2 atom stereocenters. The average Bonchev–Trinajstić information content (AvgIpc) is 2.98. The molecule has 1 N–H and O–H groups in total. The maximum Gasteiger partial charge on any atom is 0.106 e. The highest BCUT2D eigenvalue weighted by Gasteiger charge is 2.35. The molecule has 1 aromatic rings. The molecule has 1 aromatic carbocycles. The van der Waals surface area contributed by atoms with Gasteiger partial charge in [0, 0.05) is 32.7 Å². The summed E-state index contributed by atoms with van der Waals surface area (Å²) in [5.41, 5.74) is 1.23. The average molecular weight is 277 g/mol. The molecular formula is C17H27NO2. The second-order valence-corrected chi connectivity index (χ2v) is 5.68. The van der Waals surface area contributed by atoms with Crippen LogP contribution in [0.5, 0.6) is 0 Å². The third-order valence-corrected chi connectivity index (χ3v) is 4.22. The zero-order valence-corrected chi connectivity index (χ0v) is 12.7. The van der Waals surface area contributed by atoms with Gasteiger partial charge in [0.05, 0.1) is 6.61 Å². The SMILES string of the molecule is CCCCC(NCC1(OC)CCOC1)c1ccccc1. The Morgan fingerprint density at radius 3 is 2.75 bits per heavy atom. The predicted molar refractivity (Wildman–Crippen MR) is 81.9 cm³/mol. The number of benzene rings is 1. The molecule has 1 saturated heterocycles. The van der Waals surface area contributed by atoms with Crippen molar-refractivity contribution >= 4 is 0 Å². The van der Waals surface area contributed by atoms with Crippen molar-refractivity contribution < 1.29 is 9.47 Å². The lowest BCUT2D eigenvalue weighted by Crippen LogP contribution is -2.44. The molecule has 0 radical (unpaired) electrons. The molecule has 3 nitrogen and oxygen atoms in total. The smallest absolute Gasteiger partial charge is 0.106 e. The van der Waals surface area contributed by atoms with Crippen LogP contribution in [-0.4, -0.2) is 32.5 Å². The molecule has 2 unspecified atom stereocenters. The Labute approximate surface area is 122 Å². The first kappa shape index (κ1) is 15.5. The molecule has 0 bridgehead atoms. The summed E-state index contributed by atoms with van der Waals surface area (Å²) in [6.45, 7) is 4.60. The van der Waals surface area contributed by atoms with E-state index < -0.39 is 0 Å². The van der Waals surface area contributed by atoms with Crippen LogP contribution in [0.15, 0.2) is 30.3 Å². The van der Waals surface area contributed by atoms with Crippen LogP contribution in [0.3, 0.4) is 0 Å². The van der Waals surface area contributed by atoms with Crippen molar-refractivity contribution in [2.75, 3.05) is 26.9 Å². The van der Waals surface area contributed by atoms with Crippen LogP contribution in [0.4, 0.5) is 0 Å². The Kier molecular flexibility index (Phi) is 6.02. The van der Waals surface area contributed by atoms with E-state index in [2.05, 4.69) is 42.6 Å². The molecular weight excluding hydrogens is 250 g/mol. The molecule has 3 heteroatoms. The summed E-state index contributed by atoms with van der Waals surface area (Å²) in [6, 6.07) is 11.1. The number of unbranched alkanes of at least 4 members (excludes halogenated alkanes) is 1. The summed E-state index contributed by atoms with van der Waals surface area (Å²) in [6.07, 6.45) is 4.61. The zero-order chi connectivity index (χ0) is 14.3. The first-order valence-corrected chi connectivity index (χ1v) is 7.71. The molecule has 1 aliphatic heterocycles. The van der Waals surface area contributed by atoms with Crippen LogP contribution in [0.1, 0.15) is 44.2 Å². The Balaban J connectivity index is 1.97. The van der Waals surface area contributed by atoms with Gasteiger partial charge in [0.15, 0.2) is 0 Å². The third-order valence-electron chi connectivity index (χ3n) is 4.22. The molecule has 1 aliphatic rings. The maximum absolute atomic E-state index is 5.70. The highest BCUT2D eigenvalue weighted by Crippen LogP contribution is 2.25. The molecule has 0 aliphatic carbocycles. The number of rotatable bonds is 8. The van der Waals surface area contributed by atoms with E-state index in [4.69, 9.17) is 9.47 Å². The maximum atomic E-state index is 5.70. The molecule has 0 amide bonds. The van der Waals surface area contributed by atoms with Crippen molar-refractivity contribution in [2.24, 2.45) is 0 Å². The fourth-order valence-corrected chi connectivity index (χ4v) is 2.75. The van der Waals surface area contributed by atoms with Gasteiger partial charge in [-0.05, 0) is 12.0 Å². The predicted octanol–water partition coefficient (Wildman–Crippen LogP) is 3.31. The van der Waals surface area contributed by atoms with Gasteiger partial charge < -0.3 is 14.8 Å². The van der Waals surface area contributed by atoms with Gasteiger partial charge in [0.25, 0.3) is 0 Å². The molecule has 0 saturated carbocycles. The van der Waals surface area contributed by atoms with Crippen molar-refractivity contribution in [3.8, 4) is 0 Å². The van der Waals surface area contributed by atoms with Gasteiger partial charge >= 0.3 is 0 Å². The van der Waals surface area contributed by atoms with Gasteiger partial charge in [-0.3, -0.25) is 0 Å². The number of nitrogens with one attached hydrogen (secondary N) is 1. The van der Waals surface area contributed by atoms with Gasteiger partial charge in [-0.2, -0.15) is 0 Å². The van der Waals surface area contributed by atoms with E-state index in [-0.39, 0.29) is 5.60 Å². The second-order valence-electron chi connectivity index (χ2n) is 5.68. The minimum absolute atomic E-state index is 0.140. The molecule has 0 spiro atoms. The largest absolute Gasteiger partial charge is 0.378 e. The van der Waals surface area contributed by atoms with Crippen molar-refractivity contribution in [3.05, 3.63) is 35.9 Å². The van der Waals surface area contributed by atoms with Crippen LogP contribution in [0, 0.1) is 0 Å². The lowest BCUT2D eigenvalue weighted by molar-refractivity contribution is -0.0177. The lowest BCUT2D eigenvalue weighted by atomic mass is 9.98. The van der Waals surface area contributed by atoms with Crippen LogP contribution in [0.2, 0.25) is 0 Å². The molecule has 0 aromatic heterocycles. The molecule has 2 rings (SSSR count). The summed E-state index contributed by atoms with van der Waals surface area (Å²) in [4.78, 5) is 0. The van der Waals surface area contributed by atoms with Gasteiger partial charge in [0.1, 0.15) is 5.60 Å². The monoisotopic (exact) mass is 277 g/mol. The van der Waals surface area contributed by atoms with Crippen molar-refractivity contribution in [1.82, 2.24) is 5.32 Å². The van der Waals surface area contributed by atoms with Crippen LogP contribution in [-0.2, 0) is 9.47 Å². The second kappa shape index (κ2) is 7.77. The topological polar surface area (TPSA) is 30.5 Å². The number of methoxy groups -OCH3 is 1. The van der Waals surface area contributed by atoms with E-state index in [1.54, 1.807) is 7.11 Å². The minimum Gasteiger partial charge on any atom is -0.378 e. The van der Waals surface area contributed by atoms with E-state index in [0.717, 1.165) is 19.6 Å². The quantitative estimate of drug-likeness (QED) is 0.791. The highest BCUT2D eigenvalue weighted by atomic mass is 16.5. The molecule has 20 heavy (non-hydrogen) atoms. The molecule has 1 heterocycles. The summed E-state index contributed by atoms with van der Waals surface area (Å²) >= 11 is 0. The minimum atomic E-state index is -0.140. The number of hydrogen-bond donors (Lipinski definition) is 1. The van der Waals surface area contributed by atoms with Crippen molar-refractivity contribution in [3.63, 3.8) is 0 Å². The lowest BCUT2D eigenvalue weighted by Gasteiger charge is -2.29. The fraction of sp³-hybridized carbons (Fsp3) is 0.647.